The summed E-state index contributed by atoms with van der Waals surface area (Å²) in [6, 6.07) is 8.92. The van der Waals surface area contributed by atoms with Crippen molar-refractivity contribution in [1.82, 2.24) is 0 Å². The predicted molar refractivity (Wildman–Crippen MR) is 94.4 cm³/mol. The number of esters is 1. The van der Waals surface area contributed by atoms with Gasteiger partial charge in [0.15, 0.2) is 17.3 Å². The monoisotopic (exact) mass is 364 g/mol. The SMILES string of the molecule is CC(C)=C1Oc2c(ccc3c2C(c2ccc4c(c2)OCO4)CC(=O)O3)C1=O. The van der Waals surface area contributed by atoms with Gasteiger partial charge in [0.05, 0.1) is 12.0 Å². The molecule has 2 aromatic carbocycles. The molecule has 3 aliphatic heterocycles. The van der Waals surface area contributed by atoms with E-state index in [2.05, 4.69) is 0 Å². The molecule has 0 saturated heterocycles. The van der Waals surface area contributed by atoms with E-state index in [0.29, 0.717) is 34.3 Å². The Morgan fingerprint density at radius 3 is 2.56 bits per heavy atom. The highest BCUT2D eigenvalue weighted by molar-refractivity contribution is 6.13. The van der Waals surface area contributed by atoms with E-state index in [0.717, 1.165) is 16.7 Å². The van der Waals surface area contributed by atoms with Crippen LogP contribution in [0.25, 0.3) is 0 Å². The third-order valence-electron chi connectivity index (χ3n) is 5.01. The second kappa shape index (κ2) is 5.61. The van der Waals surface area contributed by atoms with Gasteiger partial charge in [-0.1, -0.05) is 6.07 Å². The van der Waals surface area contributed by atoms with E-state index in [9.17, 15) is 9.59 Å². The molecule has 1 atom stereocenters. The van der Waals surface area contributed by atoms with Crippen molar-refractivity contribution >= 4 is 11.8 Å². The molecule has 6 nitrogen and oxygen atoms in total. The first-order chi connectivity index (χ1) is 13.0. The van der Waals surface area contributed by atoms with Crippen LogP contribution in [-0.4, -0.2) is 18.5 Å². The number of carbonyl (C=O) groups is 2. The molecular weight excluding hydrogens is 348 g/mol. The van der Waals surface area contributed by atoms with Gasteiger partial charge in [0, 0.05) is 11.5 Å². The topological polar surface area (TPSA) is 71.1 Å². The van der Waals surface area contributed by atoms with Crippen molar-refractivity contribution in [3.05, 3.63) is 58.4 Å². The largest absolute Gasteiger partial charge is 0.454 e. The summed E-state index contributed by atoms with van der Waals surface area (Å²) in [4.78, 5) is 24.8. The maximum absolute atomic E-state index is 12.7. The Bertz CT molecular complexity index is 1040. The molecule has 27 heavy (non-hydrogen) atoms. The van der Waals surface area contributed by atoms with Crippen molar-refractivity contribution < 1.29 is 28.5 Å². The van der Waals surface area contributed by atoms with Crippen LogP contribution < -0.4 is 18.9 Å². The molecule has 3 aliphatic rings. The second-order valence-corrected chi connectivity index (χ2v) is 6.96. The highest BCUT2D eigenvalue weighted by Crippen LogP contribution is 2.50. The zero-order chi connectivity index (χ0) is 18.7. The van der Waals surface area contributed by atoms with E-state index in [1.54, 1.807) is 12.1 Å². The fourth-order valence-corrected chi connectivity index (χ4v) is 3.74. The summed E-state index contributed by atoms with van der Waals surface area (Å²) in [5, 5.41) is 0. The highest BCUT2D eigenvalue weighted by Gasteiger charge is 2.39. The summed E-state index contributed by atoms with van der Waals surface area (Å²) in [5.41, 5.74) is 2.90. The van der Waals surface area contributed by atoms with Crippen molar-refractivity contribution in [1.29, 1.82) is 0 Å². The quantitative estimate of drug-likeness (QED) is 0.436. The first kappa shape index (κ1) is 15.9. The Labute approximate surface area is 155 Å². The fourth-order valence-electron chi connectivity index (χ4n) is 3.74. The lowest BCUT2D eigenvalue weighted by molar-refractivity contribution is -0.135. The predicted octanol–water partition coefficient (Wildman–Crippen LogP) is 3.73. The van der Waals surface area contributed by atoms with Crippen LogP contribution in [-0.2, 0) is 4.79 Å². The van der Waals surface area contributed by atoms with Crippen molar-refractivity contribution in [3.63, 3.8) is 0 Å². The van der Waals surface area contributed by atoms with Crippen molar-refractivity contribution in [3.8, 4) is 23.0 Å². The Balaban J connectivity index is 1.69. The summed E-state index contributed by atoms with van der Waals surface area (Å²) in [6.07, 6.45) is 0.158. The Kier molecular flexibility index (Phi) is 3.31. The summed E-state index contributed by atoms with van der Waals surface area (Å²) >= 11 is 0. The number of allylic oxidation sites excluding steroid dienone is 2. The lowest BCUT2D eigenvalue weighted by atomic mass is 9.84. The Morgan fingerprint density at radius 2 is 1.74 bits per heavy atom. The fraction of sp³-hybridized carbons (Fsp3) is 0.238. The first-order valence-corrected chi connectivity index (χ1v) is 8.70. The molecule has 5 rings (SSSR count). The molecule has 136 valence electrons. The number of ketones is 1. The van der Waals surface area contributed by atoms with E-state index in [-0.39, 0.29) is 30.9 Å². The minimum atomic E-state index is -0.322. The van der Waals surface area contributed by atoms with E-state index in [4.69, 9.17) is 18.9 Å². The summed E-state index contributed by atoms with van der Waals surface area (Å²) in [6.45, 7) is 3.85. The molecular formula is C21H16O6. The summed E-state index contributed by atoms with van der Waals surface area (Å²) in [5.74, 6) is 1.79. The molecule has 0 bridgehead atoms. The van der Waals surface area contributed by atoms with Gasteiger partial charge in [0.25, 0.3) is 0 Å². The molecule has 1 unspecified atom stereocenters. The first-order valence-electron chi connectivity index (χ1n) is 8.70. The average molecular weight is 364 g/mol. The lowest BCUT2D eigenvalue weighted by Gasteiger charge is -2.26. The number of benzene rings is 2. The molecule has 0 aromatic heterocycles. The van der Waals surface area contributed by atoms with Gasteiger partial charge in [0.2, 0.25) is 12.6 Å². The molecule has 2 aromatic rings. The Morgan fingerprint density at radius 1 is 0.963 bits per heavy atom. The smallest absolute Gasteiger partial charge is 0.312 e. The number of carbonyl (C=O) groups excluding carboxylic acids is 2. The van der Waals surface area contributed by atoms with Gasteiger partial charge in [-0.25, -0.2) is 0 Å². The molecule has 0 amide bonds. The number of Topliss-reactive ketones (excluding diaryl/α,β-unsaturated/α-hetero) is 1. The van der Waals surface area contributed by atoms with Gasteiger partial charge in [-0.2, -0.15) is 0 Å². The van der Waals surface area contributed by atoms with Gasteiger partial charge < -0.3 is 18.9 Å². The third kappa shape index (κ3) is 2.33. The maximum atomic E-state index is 12.7. The highest BCUT2D eigenvalue weighted by atomic mass is 16.7. The minimum Gasteiger partial charge on any atom is -0.454 e. The number of hydrogen-bond acceptors (Lipinski definition) is 6. The van der Waals surface area contributed by atoms with Crippen LogP contribution >= 0.6 is 0 Å². The van der Waals surface area contributed by atoms with Crippen LogP contribution in [0.5, 0.6) is 23.0 Å². The van der Waals surface area contributed by atoms with Gasteiger partial charge in [-0.05, 0) is 49.2 Å². The Hall–Kier alpha value is -3.28. The third-order valence-corrected chi connectivity index (χ3v) is 5.01. The van der Waals surface area contributed by atoms with Gasteiger partial charge in [-0.3, -0.25) is 9.59 Å². The normalized spacial score (nSPS) is 19.3. The standard InChI is InChI=1S/C21H16O6/c1-10(2)20-19(23)12-4-6-15-18(21(12)27-20)13(8-17(22)26-15)11-3-5-14-16(7-11)25-9-24-14/h3-7,13H,8-9H2,1-2H3. The van der Waals surface area contributed by atoms with Crippen molar-refractivity contribution in [2.24, 2.45) is 0 Å². The molecule has 0 N–H and O–H groups in total. The van der Waals surface area contributed by atoms with Crippen LogP contribution in [0.2, 0.25) is 0 Å². The van der Waals surface area contributed by atoms with Gasteiger partial charge in [-0.15, -0.1) is 0 Å². The van der Waals surface area contributed by atoms with E-state index in [1.807, 2.05) is 32.0 Å². The molecule has 0 spiro atoms. The maximum Gasteiger partial charge on any atom is 0.312 e. The number of hydrogen-bond donors (Lipinski definition) is 0. The number of rotatable bonds is 1. The molecule has 0 saturated carbocycles. The van der Waals surface area contributed by atoms with E-state index < -0.39 is 0 Å². The molecule has 0 fully saturated rings. The van der Waals surface area contributed by atoms with Crippen LogP contribution in [0.3, 0.4) is 0 Å². The number of ether oxygens (including phenoxy) is 4. The summed E-state index contributed by atoms with van der Waals surface area (Å²) in [7, 11) is 0. The zero-order valence-corrected chi connectivity index (χ0v) is 14.8. The van der Waals surface area contributed by atoms with Crippen LogP contribution in [0.15, 0.2) is 41.7 Å². The minimum absolute atomic E-state index is 0.144. The van der Waals surface area contributed by atoms with Crippen LogP contribution in [0, 0.1) is 0 Å². The van der Waals surface area contributed by atoms with Crippen LogP contribution in [0.4, 0.5) is 0 Å². The van der Waals surface area contributed by atoms with Gasteiger partial charge >= 0.3 is 5.97 Å². The zero-order valence-electron chi connectivity index (χ0n) is 14.8. The summed E-state index contributed by atoms with van der Waals surface area (Å²) < 4.78 is 22.2. The average Bonchev–Trinajstić information content (AvgIpc) is 3.24. The number of fused-ring (bicyclic) bond motifs is 4. The van der Waals surface area contributed by atoms with Crippen molar-refractivity contribution in [2.45, 2.75) is 26.2 Å². The van der Waals surface area contributed by atoms with E-state index in [1.165, 1.54) is 0 Å². The van der Waals surface area contributed by atoms with Gasteiger partial charge in [0.1, 0.15) is 11.5 Å². The molecule has 0 aliphatic carbocycles. The molecule has 3 heterocycles. The lowest BCUT2D eigenvalue weighted by Crippen LogP contribution is -2.21. The van der Waals surface area contributed by atoms with Crippen molar-refractivity contribution in [2.75, 3.05) is 6.79 Å². The van der Waals surface area contributed by atoms with E-state index >= 15 is 0 Å². The molecule has 0 radical (unpaired) electrons. The van der Waals surface area contributed by atoms with Crippen LogP contribution in [0.1, 0.15) is 47.7 Å². The molecule has 6 heteroatoms. The second-order valence-electron chi connectivity index (χ2n) is 6.96.